The Morgan fingerprint density at radius 1 is 1.38 bits per heavy atom. The van der Waals surface area contributed by atoms with E-state index >= 15 is 0 Å². The van der Waals surface area contributed by atoms with Crippen molar-refractivity contribution in [3.63, 3.8) is 0 Å². The summed E-state index contributed by atoms with van der Waals surface area (Å²) < 4.78 is 23.2. The molecule has 0 aromatic carbocycles. The molecule has 5 nitrogen and oxygen atoms in total. The van der Waals surface area contributed by atoms with Gasteiger partial charge in [0.1, 0.15) is 0 Å². The highest BCUT2D eigenvalue weighted by atomic mass is 127. The van der Waals surface area contributed by atoms with E-state index in [2.05, 4.69) is 31.0 Å². The Morgan fingerprint density at radius 3 is 2.71 bits per heavy atom. The van der Waals surface area contributed by atoms with E-state index in [1.54, 1.807) is 0 Å². The number of likely N-dealkylation sites (tertiary alicyclic amines) is 1. The highest BCUT2D eigenvalue weighted by Crippen LogP contribution is 2.34. The Bertz CT molecular complexity index is 520. The van der Waals surface area contributed by atoms with Crippen LogP contribution in [0.1, 0.15) is 52.9 Å². The summed E-state index contributed by atoms with van der Waals surface area (Å²) >= 11 is 0. The number of guanidine groups is 1. The summed E-state index contributed by atoms with van der Waals surface area (Å²) in [6.45, 7) is 10.3. The molecule has 2 atom stereocenters. The molecule has 2 aliphatic rings. The number of nitrogens with zero attached hydrogens (tertiary/aromatic N) is 2. The van der Waals surface area contributed by atoms with E-state index < -0.39 is 9.84 Å². The van der Waals surface area contributed by atoms with Gasteiger partial charge in [-0.3, -0.25) is 4.99 Å². The van der Waals surface area contributed by atoms with Crippen LogP contribution >= 0.6 is 24.0 Å². The minimum atomic E-state index is -2.81. The van der Waals surface area contributed by atoms with E-state index in [1.807, 2.05) is 0 Å². The Kier molecular flexibility index (Phi) is 8.79. The van der Waals surface area contributed by atoms with E-state index in [-0.39, 0.29) is 29.9 Å². The molecule has 0 bridgehead atoms. The number of halogens is 1. The van der Waals surface area contributed by atoms with Crippen molar-refractivity contribution in [3.8, 4) is 0 Å². The second-order valence-electron chi connectivity index (χ2n) is 7.55. The van der Waals surface area contributed by atoms with Gasteiger partial charge in [0.15, 0.2) is 15.8 Å². The number of nitrogens with one attached hydrogen (secondary N) is 1. The second-order valence-corrected chi connectivity index (χ2v) is 9.78. The van der Waals surface area contributed by atoms with Crippen LogP contribution in [0.5, 0.6) is 0 Å². The minimum absolute atomic E-state index is 0. The molecular weight excluding hydrogens is 437 g/mol. The maximum absolute atomic E-state index is 11.6. The highest BCUT2D eigenvalue weighted by molar-refractivity contribution is 14.0. The van der Waals surface area contributed by atoms with Gasteiger partial charge in [0, 0.05) is 26.2 Å². The molecule has 2 heterocycles. The number of aliphatic imine (C=N–C) groups is 1. The predicted octanol–water partition coefficient (Wildman–Crippen LogP) is 2.91. The van der Waals surface area contributed by atoms with Crippen molar-refractivity contribution >= 4 is 39.8 Å². The third kappa shape index (κ3) is 6.35. The van der Waals surface area contributed by atoms with Gasteiger partial charge in [-0.15, -0.1) is 24.0 Å². The van der Waals surface area contributed by atoms with Gasteiger partial charge >= 0.3 is 0 Å². The van der Waals surface area contributed by atoms with Crippen molar-refractivity contribution in [3.05, 3.63) is 0 Å². The Labute approximate surface area is 165 Å². The Hall–Kier alpha value is -0.0500. The first-order chi connectivity index (χ1) is 10.9. The van der Waals surface area contributed by atoms with E-state index in [4.69, 9.17) is 4.99 Å². The smallest absolute Gasteiger partial charge is 0.193 e. The van der Waals surface area contributed by atoms with Crippen molar-refractivity contribution in [2.75, 3.05) is 37.7 Å². The fraction of sp³-hybridized carbons (Fsp3) is 0.941. The molecule has 0 spiro atoms. The lowest BCUT2D eigenvalue weighted by atomic mass is 9.78. The quantitative estimate of drug-likeness (QED) is 0.381. The normalized spacial score (nSPS) is 30.0. The van der Waals surface area contributed by atoms with Crippen LogP contribution in [0, 0.1) is 11.3 Å². The van der Waals surface area contributed by atoms with Crippen LogP contribution in [0.2, 0.25) is 0 Å². The maximum atomic E-state index is 11.6. The molecule has 2 rings (SSSR count). The average Bonchev–Trinajstić information content (AvgIpc) is 2.83. The van der Waals surface area contributed by atoms with Gasteiger partial charge in [0.2, 0.25) is 0 Å². The molecule has 24 heavy (non-hydrogen) atoms. The van der Waals surface area contributed by atoms with Crippen molar-refractivity contribution in [2.45, 2.75) is 52.9 Å². The van der Waals surface area contributed by atoms with E-state index in [9.17, 15) is 8.42 Å². The van der Waals surface area contributed by atoms with Crippen molar-refractivity contribution in [1.82, 2.24) is 10.2 Å². The van der Waals surface area contributed by atoms with E-state index in [0.29, 0.717) is 23.5 Å². The highest BCUT2D eigenvalue weighted by Gasteiger charge is 2.32. The molecule has 2 unspecified atom stereocenters. The van der Waals surface area contributed by atoms with E-state index in [0.717, 1.165) is 32.0 Å². The van der Waals surface area contributed by atoms with Crippen LogP contribution < -0.4 is 5.32 Å². The fourth-order valence-corrected chi connectivity index (χ4v) is 5.81. The van der Waals surface area contributed by atoms with Gasteiger partial charge in [0.05, 0.1) is 11.5 Å². The van der Waals surface area contributed by atoms with Crippen molar-refractivity contribution in [2.24, 2.45) is 16.3 Å². The molecule has 0 amide bonds. The number of sulfone groups is 1. The Morgan fingerprint density at radius 2 is 2.12 bits per heavy atom. The molecule has 0 aromatic heterocycles. The summed E-state index contributed by atoms with van der Waals surface area (Å²) in [4.78, 5) is 7.16. The van der Waals surface area contributed by atoms with Crippen molar-refractivity contribution in [1.29, 1.82) is 0 Å². The zero-order valence-electron chi connectivity index (χ0n) is 15.4. The van der Waals surface area contributed by atoms with Gasteiger partial charge in [-0.25, -0.2) is 8.42 Å². The zero-order chi connectivity index (χ0) is 16.9. The summed E-state index contributed by atoms with van der Waals surface area (Å²) in [7, 11) is -2.81. The van der Waals surface area contributed by atoms with Crippen LogP contribution in [-0.2, 0) is 9.84 Å². The van der Waals surface area contributed by atoms with Crippen LogP contribution in [0.15, 0.2) is 4.99 Å². The molecular formula is C17H34IN3O2S. The molecule has 2 aliphatic heterocycles. The molecule has 2 fully saturated rings. The van der Waals surface area contributed by atoms with Crippen LogP contribution in [0.25, 0.3) is 0 Å². The zero-order valence-corrected chi connectivity index (χ0v) is 18.5. The molecule has 0 aromatic rings. The predicted molar refractivity (Wildman–Crippen MR) is 112 cm³/mol. The monoisotopic (exact) mass is 471 g/mol. The van der Waals surface area contributed by atoms with Gasteiger partial charge < -0.3 is 10.2 Å². The third-order valence-corrected chi connectivity index (χ3v) is 6.93. The first-order valence-corrected chi connectivity index (χ1v) is 10.9. The largest absolute Gasteiger partial charge is 0.357 e. The van der Waals surface area contributed by atoms with Crippen LogP contribution in [0.4, 0.5) is 0 Å². The summed E-state index contributed by atoms with van der Waals surface area (Å²) in [6, 6.07) is 0. The molecule has 1 N–H and O–H groups in total. The first kappa shape index (κ1) is 22.0. The first-order valence-electron chi connectivity index (χ1n) is 9.11. The summed E-state index contributed by atoms with van der Waals surface area (Å²) in [5.74, 6) is 1.81. The van der Waals surface area contributed by atoms with Gasteiger partial charge in [-0.05, 0) is 43.9 Å². The lowest BCUT2D eigenvalue weighted by molar-refractivity contribution is 0.142. The molecule has 0 saturated carbocycles. The Balaban J connectivity index is 0.00000288. The number of hydrogen-bond acceptors (Lipinski definition) is 3. The molecule has 142 valence electrons. The molecule has 7 heteroatoms. The maximum Gasteiger partial charge on any atom is 0.193 e. The topological polar surface area (TPSA) is 61.8 Å². The lowest BCUT2D eigenvalue weighted by Gasteiger charge is -2.42. The SMILES string of the molecule is CCCC1(C)CCCN(C(=NCC2CCS(=O)(=O)C2)NCC)C1.I. The van der Waals surface area contributed by atoms with E-state index in [1.165, 1.54) is 25.7 Å². The minimum Gasteiger partial charge on any atom is -0.357 e. The van der Waals surface area contributed by atoms with Crippen LogP contribution in [0.3, 0.4) is 0 Å². The van der Waals surface area contributed by atoms with Gasteiger partial charge in [0.25, 0.3) is 0 Å². The lowest BCUT2D eigenvalue weighted by Crippen LogP contribution is -2.50. The number of rotatable bonds is 5. The van der Waals surface area contributed by atoms with Crippen molar-refractivity contribution < 1.29 is 8.42 Å². The fourth-order valence-electron chi connectivity index (χ4n) is 3.96. The summed E-state index contributed by atoms with van der Waals surface area (Å²) in [5, 5.41) is 3.40. The summed E-state index contributed by atoms with van der Waals surface area (Å²) in [6.07, 6.45) is 5.73. The van der Waals surface area contributed by atoms with Gasteiger partial charge in [-0.2, -0.15) is 0 Å². The summed E-state index contributed by atoms with van der Waals surface area (Å²) in [5.41, 5.74) is 0.375. The average molecular weight is 471 g/mol. The molecule has 0 radical (unpaired) electrons. The van der Waals surface area contributed by atoms with Crippen LogP contribution in [-0.4, -0.2) is 57.0 Å². The van der Waals surface area contributed by atoms with Gasteiger partial charge in [-0.1, -0.05) is 20.3 Å². The standard InChI is InChI=1S/C17H33N3O2S.HI/c1-4-8-17(3)9-6-10-20(14-17)16(18-5-2)19-12-15-7-11-23(21,22)13-15;/h15H,4-14H2,1-3H3,(H,18,19);1H. The molecule has 0 aliphatic carbocycles. The third-order valence-electron chi connectivity index (χ3n) is 5.09. The number of hydrogen-bond donors (Lipinski definition) is 1. The number of piperidine rings is 1. The second kappa shape index (κ2) is 9.59. The molecule has 2 saturated heterocycles.